The Balaban J connectivity index is 2.20. The van der Waals surface area contributed by atoms with Gasteiger partial charge in [-0.1, -0.05) is 13.8 Å². The molecule has 3 unspecified atom stereocenters. The summed E-state index contributed by atoms with van der Waals surface area (Å²) in [4.78, 5) is 4.28. The van der Waals surface area contributed by atoms with Crippen LogP contribution in [0.25, 0.3) is 0 Å². The molecule has 1 fully saturated rings. The van der Waals surface area contributed by atoms with Crippen LogP contribution in [0, 0.1) is 18.8 Å². The van der Waals surface area contributed by atoms with Gasteiger partial charge < -0.3 is 10.3 Å². The minimum absolute atomic E-state index is 0.558. The lowest BCUT2D eigenvalue weighted by Gasteiger charge is -2.33. The summed E-state index contributed by atoms with van der Waals surface area (Å²) in [6.07, 6.45) is 5.95. The molecule has 0 aliphatic heterocycles. The normalized spacial score (nSPS) is 31.8. The Morgan fingerprint density at radius 3 is 2.67 bits per heavy atom. The summed E-state index contributed by atoms with van der Waals surface area (Å²) in [5, 5.41) is 0. The van der Waals surface area contributed by atoms with E-state index in [0.29, 0.717) is 17.9 Å². The molecule has 0 aromatic carbocycles. The Bertz CT molecular complexity index is 343. The number of nitrogens with zero attached hydrogens (tertiary/aromatic N) is 2. The fourth-order valence-electron chi connectivity index (χ4n) is 2.86. The number of aryl methyl sites for hydroxylation is 1. The highest BCUT2D eigenvalue weighted by Gasteiger charge is 2.27. The molecule has 84 valence electrons. The topological polar surface area (TPSA) is 43.8 Å². The van der Waals surface area contributed by atoms with Crippen molar-refractivity contribution in [2.24, 2.45) is 11.8 Å². The summed E-state index contributed by atoms with van der Waals surface area (Å²) in [6.45, 7) is 6.67. The minimum atomic E-state index is 0.558. The number of rotatable bonds is 1. The van der Waals surface area contributed by atoms with Crippen molar-refractivity contribution in [2.75, 3.05) is 5.73 Å². The van der Waals surface area contributed by atoms with Crippen molar-refractivity contribution in [3.05, 3.63) is 11.9 Å². The number of hydrogen-bond acceptors (Lipinski definition) is 2. The van der Waals surface area contributed by atoms with E-state index < -0.39 is 0 Å². The van der Waals surface area contributed by atoms with Crippen molar-refractivity contribution >= 4 is 5.95 Å². The molecule has 3 heteroatoms. The fraction of sp³-hybridized carbons (Fsp3) is 0.750. The molecular formula is C12H21N3. The van der Waals surface area contributed by atoms with Crippen molar-refractivity contribution in [1.29, 1.82) is 0 Å². The maximum absolute atomic E-state index is 5.92. The number of hydrogen-bond donors (Lipinski definition) is 1. The van der Waals surface area contributed by atoms with Gasteiger partial charge in [0.15, 0.2) is 0 Å². The van der Waals surface area contributed by atoms with Crippen LogP contribution in [0.1, 0.15) is 44.8 Å². The van der Waals surface area contributed by atoms with Gasteiger partial charge in [-0.2, -0.15) is 0 Å². The van der Waals surface area contributed by atoms with Crippen LogP contribution in [0.4, 0.5) is 5.95 Å². The molecule has 0 bridgehead atoms. The summed E-state index contributed by atoms with van der Waals surface area (Å²) < 4.78 is 2.17. The standard InChI is InChI=1S/C12H21N3/c1-8-4-5-11(9(2)6-8)15-7-10(3)14-12(15)13/h7-9,11H,4-6H2,1-3H3,(H2,13,14). The smallest absolute Gasteiger partial charge is 0.200 e. The molecule has 1 heterocycles. The average molecular weight is 207 g/mol. The van der Waals surface area contributed by atoms with E-state index in [-0.39, 0.29) is 0 Å². The van der Waals surface area contributed by atoms with Gasteiger partial charge in [0.05, 0.1) is 5.69 Å². The molecule has 1 aromatic rings. The second-order valence-corrected chi connectivity index (χ2v) is 5.11. The molecule has 2 N–H and O–H groups in total. The molecule has 1 saturated carbocycles. The molecule has 2 rings (SSSR count). The Kier molecular flexibility index (Phi) is 2.72. The lowest BCUT2D eigenvalue weighted by atomic mass is 9.80. The van der Waals surface area contributed by atoms with Gasteiger partial charge >= 0.3 is 0 Å². The molecule has 0 saturated heterocycles. The largest absolute Gasteiger partial charge is 0.369 e. The maximum Gasteiger partial charge on any atom is 0.200 e. The van der Waals surface area contributed by atoms with E-state index in [2.05, 4.69) is 29.6 Å². The predicted octanol–water partition coefficient (Wildman–Crippen LogP) is 2.77. The lowest BCUT2D eigenvalue weighted by Crippen LogP contribution is -2.25. The maximum atomic E-state index is 5.92. The van der Waals surface area contributed by atoms with Crippen LogP contribution in [0.2, 0.25) is 0 Å². The lowest BCUT2D eigenvalue weighted by molar-refractivity contribution is 0.209. The first-order valence-electron chi connectivity index (χ1n) is 5.89. The molecular weight excluding hydrogens is 186 g/mol. The van der Waals surface area contributed by atoms with E-state index in [9.17, 15) is 0 Å². The van der Waals surface area contributed by atoms with Crippen molar-refractivity contribution in [1.82, 2.24) is 9.55 Å². The summed E-state index contributed by atoms with van der Waals surface area (Å²) >= 11 is 0. The van der Waals surface area contributed by atoms with Crippen molar-refractivity contribution in [2.45, 2.75) is 46.1 Å². The zero-order valence-electron chi connectivity index (χ0n) is 9.90. The Hall–Kier alpha value is -0.990. The summed E-state index contributed by atoms with van der Waals surface area (Å²) in [5.41, 5.74) is 6.95. The number of aromatic nitrogens is 2. The third kappa shape index (κ3) is 2.01. The zero-order valence-corrected chi connectivity index (χ0v) is 9.90. The molecule has 3 atom stereocenters. The minimum Gasteiger partial charge on any atom is -0.369 e. The van der Waals surface area contributed by atoms with Crippen LogP contribution in [0.15, 0.2) is 6.20 Å². The third-order valence-corrected chi connectivity index (χ3v) is 3.62. The summed E-state index contributed by atoms with van der Waals surface area (Å²) in [7, 11) is 0. The second kappa shape index (κ2) is 3.87. The molecule has 0 spiro atoms. The fourth-order valence-corrected chi connectivity index (χ4v) is 2.86. The van der Waals surface area contributed by atoms with Gasteiger partial charge in [0.2, 0.25) is 5.95 Å². The monoisotopic (exact) mass is 207 g/mol. The molecule has 0 amide bonds. The van der Waals surface area contributed by atoms with Gasteiger partial charge in [0.1, 0.15) is 0 Å². The molecule has 0 radical (unpaired) electrons. The van der Waals surface area contributed by atoms with Gasteiger partial charge in [-0.05, 0) is 38.0 Å². The molecule has 1 aromatic heterocycles. The Labute approximate surface area is 91.7 Å². The molecule has 3 nitrogen and oxygen atoms in total. The second-order valence-electron chi connectivity index (χ2n) is 5.11. The number of nitrogen functional groups attached to an aromatic ring is 1. The van der Waals surface area contributed by atoms with Crippen molar-refractivity contribution in [3.8, 4) is 0 Å². The summed E-state index contributed by atoms with van der Waals surface area (Å²) in [5.74, 6) is 2.26. The van der Waals surface area contributed by atoms with Crippen LogP contribution < -0.4 is 5.73 Å². The number of nitrogens with two attached hydrogens (primary N) is 1. The Morgan fingerprint density at radius 2 is 2.13 bits per heavy atom. The van der Waals surface area contributed by atoms with E-state index in [4.69, 9.17) is 5.73 Å². The SMILES string of the molecule is Cc1cn(C2CCC(C)CC2C)c(N)n1. The van der Waals surface area contributed by atoms with Crippen LogP contribution in [0.3, 0.4) is 0 Å². The van der Waals surface area contributed by atoms with Crippen LogP contribution in [0.5, 0.6) is 0 Å². The van der Waals surface area contributed by atoms with Crippen LogP contribution in [-0.2, 0) is 0 Å². The van der Waals surface area contributed by atoms with E-state index in [1.807, 2.05) is 6.92 Å². The number of anilines is 1. The van der Waals surface area contributed by atoms with Crippen molar-refractivity contribution in [3.63, 3.8) is 0 Å². The quantitative estimate of drug-likeness (QED) is 0.769. The zero-order chi connectivity index (χ0) is 11.0. The van der Waals surface area contributed by atoms with E-state index in [1.165, 1.54) is 19.3 Å². The molecule has 1 aliphatic carbocycles. The van der Waals surface area contributed by atoms with Gasteiger partial charge in [-0.15, -0.1) is 0 Å². The Morgan fingerprint density at radius 1 is 1.40 bits per heavy atom. The highest BCUT2D eigenvalue weighted by atomic mass is 15.2. The van der Waals surface area contributed by atoms with Crippen LogP contribution >= 0.6 is 0 Å². The van der Waals surface area contributed by atoms with Crippen LogP contribution in [-0.4, -0.2) is 9.55 Å². The van der Waals surface area contributed by atoms with Gasteiger partial charge in [-0.3, -0.25) is 0 Å². The van der Waals surface area contributed by atoms with Crippen molar-refractivity contribution < 1.29 is 0 Å². The van der Waals surface area contributed by atoms with E-state index in [1.54, 1.807) is 0 Å². The highest BCUT2D eigenvalue weighted by molar-refractivity contribution is 5.22. The van der Waals surface area contributed by atoms with Gasteiger partial charge in [-0.25, -0.2) is 4.98 Å². The van der Waals surface area contributed by atoms with E-state index in [0.717, 1.165) is 11.6 Å². The highest BCUT2D eigenvalue weighted by Crippen LogP contribution is 2.37. The van der Waals surface area contributed by atoms with Gasteiger partial charge in [0, 0.05) is 12.2 Å². The average Bonchev–Trinajstić information content (AvgIpc) is 2.45. The van der Waals surface area contributed by atoms with Gasteiger partial charge in [0.25, 0.3) is 0 Å². The first-order chi connectivity index (χ1) is 7.08. The summed E-state index contributed by atoms with van der Waals surface area (Å²) in [6, 6.07) is 0.558. The molecule has 1 aliphatic rings. The number of imidazole rings is 1. The van der Waals surface area contributed by atoms with E-state index >= 15 is 0 Å². The predicted molar refractivity (Wildman–Crippen MR) is 62.6 cm³/mol. The first kappa shape index (κ1) is 10.5. The third-order valence-electron chi connectivity index (χ3n) is 3.62. The first-order valence-corrected chi connectivity index (χ1v) is 5.89. The molecule has 15 heavy (non-hydrogen) atoms.